The van der Waals surface area contributed by atoms with E-state index in [1.165, 1.54) is 11.8 Å². The van der Waals surface area contributed by atoms with Crippen molar-refractivity contribution in [2.75, 3.05) is 18.8 Å². The predicted octanol–water partition coefficient (Wildman–Crippen LogP) is 3.78. The third kappa shape index (κ3) is 5.59. The Morgan fingerprint density at radius 3 is 2.52 bits per heavy atom. The van der Waals surface area contributed by atoms with Gasteiger partial charge in [-0.2, -0.15) is 0 Å². The Morgan fingerprint density at radius 1 is 1.29 bits per heavy atom. The highest BCUT2D eigenvalue weighted by Gasteiger charge is 2.11. The number of amides is 1. The van der Waals surface area contributed by atoms with Gasteiger partial charge in [0.25, 0.3) is 0 Å². The summed E-state index contributed by atoms with van der Waals surface area (Å²) in [5.74, 6) is -0.0876. The van der Waals surface area contributed by atoms with Gasteiger partial charge in [0, 0.05) is 24.4 Å². The van der Waals surface area contributed by atoms with Crippen LogP contribution in [0.1, 0.15) is 37.0 Å². The summed E-state index contributed by atoms with van der Waals surface area (Å²) in [6.07, 6.45) is 1.29. The molecule has 0 aliphatic carbocycles. The molecular formula is C15H20ClNO3S. The Labute approximate surface area is 134 Å². The molecule has 0 spiro atoms. The van der Waals surface area contributed by atoms with Crippen LogP contribution in [0.25, 0.3) is 0 Å². The zero-order valence-electron chi connectivity index (χ0n) is 12.3. The molecule has 1 aromatic carbocycles. The molecule has 0 unspecified atom stereocenters. The smallest absolute Gasteiger partial charge is 0.337 e. The highest BCUT2D eigenvalue weighted by Crippen LogP contribution is 2.25. The summed E-state index contributed by atoms with van der Waals surface area (Å²) in [6.45, 7) is 5.41. The standard InChI is InChI=1S/C15H20ClNO3S/c1-3-17(4-2)14(18)6-5-9-21-11-7-8-13(16)12(10-11)15(19)20/h7-8,10H,3-6,9H2,1-2H3,(H,19,20). The van der Waals surface area contributed by atoms with E-state index in [1.54, 1.807) is 18.2 Å². The second kappa shape index (κ2) is 8.95. The molecule has 0 aromatic heterocycles. The average molecular weight is 330 g/mol. The lowest BCUT2D eigenvalue weighted by atomic mass is 10.2. The summed E-state index contributed by atoms with van der Waals surface area (Å²) >= 11 is 7.36. The Hall–Kier alpha value is -1.20. The second-order valence-electron chi connectivity index (χ2n) is 4.46. The summed E-state index contributed by atoms with van der Waals surface area (Å²) < 4.78 is 0. The summed E-state index contributed by atoms with van der Waals surface area (Å²) in [5.41, 5.74) is 0.112. The van der Waals surface area contributed by atoms with Crippen molar-refractivity contribution in [1.29, 1.82) is 0 Å². The van der Waals surface area contributed by atoms with Gasteiger partial charge >= 0.3 is 5.97 Å². The summed E-state index contributed by atoms with van der Waals surface area (Å²) in [4.78, 5) is 25.5. The molecule has 116 valence electrons. The van der Waals surface area contributed by atoms with Gasteiger partial charge in [0.15, 0.2) is 0 Å². The molecule has 0 bridgehead atoms. The topological polar surface area (TPSA) is 57.6 Å². The van der Waals surface area contributed by atoms with Gasteiger partial charge in [-0.3, -0.25) is 4.79 Å². The number of rotatable bonds is 8. The van der Waals surface area contributed by atoms with Crippen LogP contribution in [-0.2, 0) is 4.79 Å². The van der Waals surface area contributed by atoms with E-state index >= 15 is 0 Å². The molecule has 0 saturated carbocycles. The fraction of sp³-hybridized carbons (Fsp3) is 0.467. The minimum atomic E-state index is -1.03. The van der Waals surface area contributed by atoms with Crippen LogP contribution in [0.2, 0.25) is 5.02 Å². The fourth-order valence-electron chi connectivity index (χ4n) is 1.91. The number of carbonyl (C=O) groups is 2. The van der Waals surface area contributed by atoms with Crippen molar-refractivity contribution in [3.63, 3.8) is 0 Å². The highest BCUT2D eigenvalue weighted by molar-refractivity contribution is 7.99. The molecule has 0 heterocycles. The quantitative estimate of drug-likeness (QED) is 0.582. The van der Waals surface area contributed by atoms with E-state index < -0.39 is 5.97 Å². The predicted molar refractivity (Wildman–Crippen MR) is 86.3 cm³/mol. The molecule has 0 saturated heterocycles. The van der Waals surface area contributed by atoms with E-state index in [4.69, 9.17) is 16.7 Å². The van der Waals surface area contributed by atoms with Crippen molar-refractivity contribution in [3.05, 3.63) is 28.8 Å². The first-order valence-corrected chi connectivity index (χ1v) is 8.29. The molecule has 1 aromatic rings. The van der Waals surface area contributed by atoms with Crippen LogP contribution < -0.4 is 0 Å². The third-order valence-corrected chi connectivity index (χ3v) is 4.50. The van der Waals surface area contributed by atoms with Crippen LogP contribution in [-0.4, -0.2) is 40.7 Å². The van der Waals surface area contributed by atoms with Crippen LogP contribution in [0.15, 0.2) is 23.1 Å². The number of hydrogen-bond donors (Lipinski definition) is 1. The van der Waals surface area contributed by atoms with E-state index in [2.05, 4.69) is 0 Å². The van der Waals surface area contributed by atoms with Crippen molar-refractivity contribution in [2.45, 2.75) is 31.6 Å². The Bertz CT molecular complexity index is 504. The first kappa shape index (κ1) is 17.9. The third-order valence-electron chi connectivity index (χ3n) is 3.09. The van der Waals surface area contributed by atoms with Gasteiger partial charge in [-0.15, -0.1) is 11.8 Å². The number of carboxylic acid groups (broad SMARTS) is 1. The monoisotopic (exact) mass is 329 g/mol. The number of carbonyl (C=O) groups excluding carboxylic acids is 1. The number of carboxylic acids is 1. The van der Waals surface area contributed by atoms with Gasteiger partial charge in [0.1, 0.15) is 0 Å². The van der Waals surface area contributed by atoms with E-state index in [-0.39, 0.29) is 16.5 Å². The number of hydrogen-bond acceptors (Lipinski definition) is 3. The largest absolute Gasteiger partial charge is 0.478 e. The SMILES string of the molecule is CCN(CC)C(=O)CCCSc1ccc(Cl)c(C(=O)O)c1. The van der Waals surface area contributed by atoms with E-state index in [9.17, 15) is 9.59 Å². The highest BCUT2D eigenvalue weighted by atomic mass is 35.5. The number of nitrogens with zero attached hydrogens (tertiary/aromatic N) is 1. The van der Waals surface area contributed by atoms with Gasteiger partial charge in [0.2, 0.25) is 5.91 Å². The van der Waals surface area contributed by atoms with Crippen molar-refractivity contribution >= 4 is 35.2 Å². The number of halogens is 1. The van der Waals surface area contributed by atoms with Crippen LogP contribution in [0, 0.1) is 0 Å². The first-order valence-electron chi connectivity index (χ1n) is 6.93. The maximum atomic E-state index is 11.8. The Balaban J connectivity index is 2.45. The van der Waals surface area contributed by atoms with Crippen molar-refractivity contribution in [2.24, 2.45) is 0 Å². The van der Waals surface area contributed by atoms with Crippen LogP contribution >= 0.6 is 23.4 Å². The molecule has 0 atom stereocenters. The maximum absolute atomic E-state index is 11.8. The molecule has 4 nitrogen and oxygen atoms in total. The maximum Gasteiger partial charge on any atom is 0.337 e. The first-order chi connectivity index (χ1) is 9.99. The normalized spacial score (nSPS) is 10.4. The molecule has 0 fully saturated rings. The van der Waals surface area contributed by atoms with Gasteiger partial charge in [-0.1, -0.05) is 11.6 Å². The van der Waals surface area contributed by atoms with Crippen LogP contribution in [0.3, 0.4) is 0 Å². The van der Waals surface area contributed by atoms with Gasteiger partial charge < -0.3 is 10.0 Å². The minimum Gasteiger partial charge on any atom is -0.478 e. The molecule has 1 N–H and O–H groups in total. The molecule has 0 aliphatic rings. The number of thioether (sulfide) groups is 1. The van der Waals surface area contributed by atoms with Gasteiger partial charge in [0.05, 0.1) is 10.6 Å². The molecule has 0 aliphatic heterocycles. The average Bonchev–Trinajstić information content (AvgIpc) is 2.46. The molecule has 1 amide bonds. The van der Waals surface area contributed by atoms with Crippen molar-refractivity contribution < 1.29 is 14.7 Å². The minimum absolute atomic E-state index is 0.112. The van der Waals surface area contributed by atoms with E-state index in [1.807, 2.05) is 18.7 Å². The summed E-state index contributed by atoms with van der Waals surface area (Å²) in [6, 6.07) is 4.96. The Morgan fingerprint density at radius 2 is 1.95 bits per heavy atom. The lowest BCUT2D eigenvalue weighted by Crippen LogP contribution is -2.30. The fourth-order valence-corrected chi connectivity index (χ4v) is 2.99. The number of aromatic carboxylic acids is 1. The van der Waals surface area contributed by atoms with E-state index in [0.717, 1.165) is 30.2 Å². The van der Waals surface area contributed by atoms with Crippen LogP contribution in [0.4, 0.5) is 0 Å². The Kier molecular flexibility index (Phi) is 7.61. The second-order valence-corrected chi connectivity index (χ2v) is 6.04. The summed E-state index contributed by atoms with van der Waals surface area (Å²) in [7, 11) is 0. The molecular weight excluding hydrogens is 310 g/mol. The lowest BCUT2D eigenvalue weighted by molar-refractivity contribution is -0.130. The van der Waals surface area contributed by atoms with Crippen LogP contribution in [0.5, 0.6) is 0 Å². The van der Waals surface area contributed by atoms with Gasteiger partial charge in [-0.25, -0.2) is 4.79 Å². The van der Waals surface area contributed by atoms with Crippen molar-refractivity contribution in [3.8, 4) is 0 Å². The lowest BCUT2D eigenvalue weighted by Gasteiger charge is -2.18. The molecule has 21 heavy (non-hydrogen) atoms. The zero-order chi connectivity index (χ0) is 15.8. The van der Waals surface area contributed by atoms with Crippen molar-refractivity contribution in [1.82, 2.24) is 4.90 Å². The molecule has 6 heteroatoms. The molecule has 1 rings (SSSR count). The zero-order valence-corrected chi connectivity index (χ0v) is 13.8. The van der Waals surface area contributed by atoms with E-state index in [0.29, 0.717) is 6.42 Å². The molecule has 0 radical (unpaired) electrons. The number of benzene rings is 1. The van der Waals surface area contributed by atoms with Gasteiger partial charge in [-0.05, 0) is 44.2 Å². The summed E-state index contributed by atoms with van der Waals surface area (Å²) in [5, 5.41) is 9.25.